The molecule has 4 fully saturated rings. The van der Waals surface area contributed by atoms with Crippen LogP contribution < -0.4 is 0 Å². The first-order valence-corrected chi connectivity index (χ1v) is 13.0. The van der Waals surface area contributed by atoms with Crippen LogP contribution in [-0.4, -0.2) is 85.3 Å². The van der Waals surface area contributed by atoms with Crippen LogP contribution in [0.15, 0.2) is 12.7 Å². The topological polar surface area (TPSA) is 19.0 Å². The molecule has 0 aromatic carbocycles. The zero-order chi connectivity index (χ0) is 21.0. The van der Waals surface area contributed by atoms with Gasteiger partial charge in [0.15, 0.2) is 0 Å². The van der Waals surface area contributed by atoms with E-state index in [4.69, 9.17) is 4.74 Å². The maximum Gasteiger partial charge on any atom is 0.106 e. The summed E-state index contributed by atoms with van der Waals surface area (Å²) in [5, 5.41) is 0. The lowest BCUT2D eigenvalue weighted by Gasteiger charge is -2.60. The highest BCUT2D eigenvalue weighted by Gasteiger charge is 2.52. The van der Waals surface area contributed by atoms with Crippen molar-refractivity contribution in [2.75, 3.05) is 59.0 Å². The quantitative estimate of drug-likeness (QED) is 0.387. The van der Waals surface area contributed by atoms with Gasteiger partial charge in [0.1, 0.15) is 5.60 Å². The molecule has 1 atom stereocenters. The highest BCUT2D eigenvalue weighted by molar-refractivity contribution is 5.06. The van der Waals surface area contributed by atoms with Gasteiger partial charge >= 0.3 is 0 Å². The number of ether oxygens (including phenoxy) is 1. The highest BCUT2D eigenvalue weighted by atomic mass is 16.5. The van der Waals surface area contributed by atoms with E-state index in [0.29, 0.717) is 5.41 Å². The molecule has 1 saturated carbocycles. The fourth-order valence-corrected chi connectivity index (χ4v) is 6.84. The Hall–Kier alpha value is -0.420. The SMILES string of the molecule is C=CCCCC(CCC)CN1CCC2(CC1)CC(N1CCOC3(CN(CC)C3)C1)C2. The summed E-state index contributed by atoms with van der Waals surface area (Å²) in [7, 11) is 0. The molecule has 4 heteroatoms. The Morgan fingerprint density at radius 1 is 1.03 bits per heavy atom. The summed E-state index contributed by atoms with van der Waals surface area (Å²) in [6.07, 6.45) is 14.5. The maximum absolute atomic E-state index is 6.23. The molecule has 2 spiro atoms. The molecule has 3 aliphatic heterocycles. The van der Waals surface area contributed by atoms with Gasteiger partial charge in [-0.3, -0.25) is 9.80 Å². The van der Waals surface area contributed by atoms with E-state index in [2.05, 4.69) is 41.2 Å². The first kappa shape index (κ1) is 22.8. The summed E-state index contributed by atoms with van der Waals surface area (Å²) in [6.45, 7) is 19.3. The van der Waals surface area contributed by atoms with Crippen LogP contribution in [-0.2, 0) is 4.74 Å². The Bertz CT molecular complexity index is 542. The summed E-state index contributed by atoms with van der Waals surface area (Å²) in [5.74, 6) is 0.896. The van der Waals surface area contributed by atoms with Crippen molar-refractivity contribution in [3.8, 4) is 0 Å². The van der Waals surface area contributed by atoms with Crippen LogP contribution in [0.3, 0.4) is 0 Å². The lowest BCUT2D eigenvalue weighted by atomic mass is 9.59. The molecule has 4 nitrogen and oxygen atoms in total. The highest BCUT2D eigenvalue weighted by Crippen LogP contribution is 2.51. The Kier molecular flexibility index (Phi) is 7.60. The number of piperidine rings is 1. The number of morpholine rings is 1. The van der Waals surface area contributed by atoms with Crippen molar-refractivity contribution < 1.29 is 4.74 Å². The molecule has 1 unspecified atom stereocenters. The molecule has 0 aromatic rings. The van der Waals surface area contributed by atoms with E-state index in [-0.39, 0.29) is 5.60 Å². The minimum Gasteiger partial charge on any atom is -0.370 e. The van der Waals surface area contributed by atoms with Crippen molar-refractivity contribution >= 4 is 0 Å². The Morgan fingerprint density at radius 3 is 2.47 bits per heavy atom. The predicted octanol–water partition coefficient (Wildman–Crippen LogP) is 4.41. The number of hydrogen-bond acceptors (Lipinski definition) is 4. The van der Waals surface area contributed by atoms with Crippen molar-refractivity contribution in [3.63, 3.8) is 0 Å². The minimum absolute atomic E-state index is 0.167. The number of rotatable bonds is 10. The Labute approximate surface area is 186 Å². The minimum atomic E-state index is 0.167. The molecule has 0 bridgehead atoms. The average Bonchev–Trinajstić information content (AvgIpc) is 2.71. The number of unbranched alkanes of at least 4 members (excludes halogenated alkanes) is 1. The molecular weight excluding hydrogens is 370 g/mol. The molecule has 0 amide bonds. The zero-order valence-electron chi connectivity index (χ0n) is 19.9. The number of likely N-dealkylation sites (N-methyl/N-ethyl adjacent to an activating group) is 1. The summed E-state index contributed by atoms with van der Waals surface area (Å²) in [6, 6.07) is 0.833. The van der Waals surface area contributed by atoms with Crippen molar-refractivity contribution in [3.05, 3.63) is 12.7 Å². The number of hydrogen-bond donors (Lipinski definition) is 0. The number of allylic oxidation sites excluding steroid dienone is 1. The molecule has 0 aromatic heterocycles. The molecule has 1 aliphatic carbocycles. The van der Waals surface area contributed by atoms with Gasteiger partial charge in [0, 0.05) is 38.8 Å². The maximum atomic E-state index is 6.23. The van der Waals surface area contributed by atoms with Crippen LogP contribution in [0.1, 0.15) is 71.6 Å². The molecule has 4 rings (SSSR count). The van der Waals surface area contributed by atoms with Gasteiger partial charge in [0.2, 0.25) is 0 Å². The van der Waals surface area contributed by atoms with Crippen molar-refractivity contribution in [2.45, 2.75) is 83.3 Å². The normalized spacial score (nSPS) is 28.3. The third kappa shape index (κ3) is 5.14. The van der Waals surface area contributed by atoms with E-state index in [9.17, 15) is 0 Å². The van der Waals surface area contributed by atoms with Crippen LogP contribution in [0.4, 0.5) is 0 Å². The van der Waals surface area contributed by atoms with E-state index in [1.165, 1.54) is 90.5 Å². The molecule has 4 aliphatic rings. The Balaban J connectivity index is 1.18. The van der Waals surface area contributed by atoms with E-state index in [1.54, 1.807) is 0 Å². The van der Waals surface area contributed by atoms with Gasteiger partial charge in [-0.15, -0.1) is 6.58 Å². The second kappa shape index (κ2) is 10.0. The number of nitrogens with zero attached hydrogens (tertiary/aromatic N) is 3. The second-order valence-electron chi connectivity index (χ2n) is 11.0. The van der Waals surface area contributed by atoms with Crippen LogP contribution in [0.5, 0.6) is 0 Å². The fraction of sp³-hybridized carbons (Fsp3) is 0.923. The molecule has 3 heterocycles. The molecule has 3 saturated heterocycles. The van der Waals surface area contributed by atoms with Crippen molar-refractivity contribution in [1.82, 2.24) is 14.7 Å². The molecule has 0 radical (unpaired) electrons. The largest absolute Gasteiger partial charge is 0.370 e. The van der Waals surface area contributed by atoms with Gasteiger partial charge in [0.25, 0.3) is 0 Å². The molecule has 0 N–H and O–H groups in total. The van der Waals surface area contributed by atoms with Gasteiger partial charge in [0.05, 0.1) is 6.61 Å². The smallest absolute Gasteiger partial charge is 0.106 e. The van der Waals surface area contributed by atoms with Crippen LogP contribution >= 0.6 is 0 Å². The molecular formula is C26H47N3O. The lowest BCUT2D eigenvalue weighted by molar-refractivity contribution is -0.200. The predicted molar refractivity (Wildman–Crippen MR) is 126 cm³/mol. The third-order valence-electron chi connectivity index (χ3n) is 8.75. The monoisotopic (exact) mass is 417 g/mol. The van der Waals surface area contributed by atoms with Crippen molar-refractivity contribution in [1.29, 1.82) is 0 Å². The zero-order valence-corrected chi connectivity index (χ0v) is 19.9. The van der Waals surface area contributed by atoms with Gasteiger partial charge in [-0.1, -0.05) is 26.3 Å². The second-order valence-corrected chi connectivity index (χ2v) is 11.0. The van der Waals surface area contributed by atoms with Crippen LogP contribution in [0.25, 0.3) is 0 Å². The standard InChI is InChI=1S/C26H47N3O/c1-4-7-8-10-23(9-5-2)19-28-13-11-25(12-14-28)17-24(18-25)29-15-16-30-26(22-29)20-27(6-3)21-26/h4,23-24H,1,5-22H2,2-3H3. The summed E-state index contributed by atoms with van der Waals surface area (Å²) in [4.78, 5) is 8.11. The third-order valence-corrected chi connectivity index (χ3v) is 8.75. The first-order valence-electron chi connectivity index (χ1n) is 13.0. The number of likely N-dealkylation sites (tertiary alicyclic amines) is 2. The van der Waals surface area contributed by atoms with Crippen LogP contribution in [0, 0.1) is 11.3 Å². The summed E-state index contributed by atoms with van der Waals surface area (Å²) in [5.41, 5.74) is 0.838. The lowest BCUT2D eigenvalue weighted by Crippen LogP contribution is -2.71. The van der Waals surface area contributed by atoms with Crippen LogP contribution in [0.2, 0.25) is 0 Å². The Morgan fingerprint density at radius 2 is 1.80 bits per heavy atom. The first-order chi connectivity index (χ1) is 14.6. The summed E-state index contributed by atoms with van der Waals surface area (Å²) >= 11 is 0. The molecule has 30 heavy (non-hydrogen) atoms. The summed E-state index contributed by atoms with van der Waals surface area (Å²) < 4.78 is 6.23. The van der Waals surface area contributed by atoms with Gasteiger partial charge in [-0.05, 0) is 82.3 Å². The van der Waals surface area contributed by atoms with Gasteiger partial charge < -0.3 is 9.64 Å². The fourth-order valence-electron chi connectivity index (χ4n) is 6.84. The van der Waals surface area contributed by atoms with Gasteiger partial charge in [-0.2, -0.15) is 0 Å². The average molecular weight is 418 g/mol. The van der Waals surface area contributed by atoms with Gasteiger partial charge in [-0.25, -0.2) is 0 Å². The van der Waals surface area contributed by atoms with E-state index >= 15 is 0 Å². The van der Waals surface area contributed by atoms with E-state index < -0.39 is 0 Å². The van der Waals surface area contributed by atoms with E-state index in [0.717, 1.165) is 38.2 Å². The van der Waals surface area contributed by atoms with Crippen molar-refractivity contribution in [2.24, 2.45) is 11.3 Å². The van der Waals surface area contributed by atoms with E-state index in [1.807, 2.05) is 0 Å². The molecule has 172 valence electrons.